The van der Waals surface area contributed by atoms with Crippen molar-refractivity contribution in [3.05, 3.63) is 89.1 Å². The molecule has 1 amide bonds. The van der Waals surface area contributed by atoms with Crippen LogP contribution in [0.3, 0.4) is 0 Å². The van der Waals surface area contributed by atoms with Gasteiger partial charge < -0.3 is 18.6 Å². The second kappa shape index (κ2) is 8.11. The summed E-state index contributed by atoms with van der Waals surface area (Å²) in [6.45, 7) is 4.81. The van der Waals surface area contributed by atoms with Crippen molar-refractivity contribution in [3.63, 3.8) is 0 Å². The van der Waals surface area contributed by atoms with Gasteiger partial charge in [0.2, 0.25) is 0 Å². The largest absolute Gasteiger partial charge is 0.467 e. The van der Waals surface area contributed by atoms with Gasteiger partial charge in [0.15, 0.2) is 5.76 Å². The predicted molar refractivity (Wildman–Crippen MR) is 119 cm³/mol. The zero-order valence-electron chi connectivity index (χ0n) is 17.8. The van der Waals surface area contributed by atoms with Crippen LogP contribution in [0.4, 0.5) is 5.69 Å². The number of carbonyl (C=O) groups is 1. The topological polar surface area (TPSA) is 49.8 Å². The molecule has 0 aliphatic rings. The van der Waals surface area contributed by atoms with Gasteiger partial charge in [-0.05, 0) is 55.8 Å². The van der Waals surface area contributed by atoms with Gasteiger partial charge in [-0.3, -0.25) is 4.79 Å². The van der Waals surface area contributed by atoms with E-state index in [1.54, 1.807) is 11.2 Å². The number of anilines is 1. The minimum absolute atomic E-state index is 0.144. The van der Waals surface area contributed by atoms with E-state index < -0.39 is 0 Å². The van der Waals surface area contributed by atoms with Crippen LogP contribution in [0.25, 0.3) is 11.0 Å². The Balaban J connectivity index is 1.66. The molecular formula is C25H26N2O3. The first-order valence-corrected chi connectivity index (χ1v) is 10.00. The summed E-state index contributed by atoms with van der Waals surface area (Å²) in [6.07, 6.45) is 1.62. The van der Waals surface area contributed by atoms with E-state index in [0.29, 0.717) is 18.8 Å². The van der Waals surface area contributed by atoms with Crippen molar-refractivity contribution >= 4 is 22.6 Å². The Hall–Kier alpha value is -3.47. The van der Waals surface area contributed by atoms with E-state index in [0.717, 1.165) is 39.1 Å². The molecule has 4 rings (SSSR count). The molecule has 5 nitrogen and oxygen atoms in total. The van der Waals surface area contributed by atoms with E-state index in [2.05, 4.69) is 23.1 Å². The highest BCUT2D eigenvalue weighted by Gasteiger charge is 2.24. The first-order valence-electron chi connectivity index (χ1n) is 10.00. The maximum atomic E-state index is 13.5. The average molecular weight is 402 g/mol. The van der Waals surface area contributed by atoms with Crippen molar-refractivity contribution in [1.29, 1.82) is 0 Å². The molecule has 2 aromatic heterocycles. The summed E-state index contributed by atoms with van der Waals surface area (Å²) >= 11 is 0. The number of carbonyl (C=O) groups excluding carboxylic acids is 1. The van der Waals surface area contributed by atoms with Crippen molar-refractivity contribution in [1.82, 2.24) is 4.90 Å². The average Bonchev–Trinajstić information content (AvgIpc) is 3.35. The molecule has 5 heteroatoms. The molecule has 0 unspecified atom stereocenters. The Labute approximate surface area is 176 Å². The summed E-state index contributed by atoms with van der Waals surface area (Å²) < 4.78 is 11.5. The molecule has 2 heterocycles. The smallest absolute Gasteiger partial charge is 0.290 e. The zero-order chi connectivity index (χ0) is 21.3. The Morgan fingerprint density at radius 2 is 1.73 bits per heavy atom. The summed E-state index contributed by atoms with van der Waals surface area (Å²) in [5, 5.41) is 0.978. The monoisotopic (exact) mass is 402 g/mol. The summed E-state index contributed by atoms with van der Waals surface area (Å²) in [5.41, 5.74) is 4.90. The van der Waals surface area contributed by atoms with Crippen LogP contribution < -0.4 is 4.90 Å². The van der Waals surface area contributed by atoms with Crippen LogP contribution in [-0.2, 0) is 13.1 Å². The Morgan fingerprint density at radius 3 is 2.40 bits per heavy atom. The van der Waals surface area contributed by atoms with Crippen LogP contribution in [0.5, 0.6) is 0 Å². The van der Waals surface area contributed by atoms with E-state index in [1.807, 2.05) is 64.3 Å². The zero-order valence-corrected chi connectivity index (χ0v) is 17.8. The van der Waals surface area contributed by atoms with Gasteiger partial charge in [0, 0.05) is 37.3 Å². The van der Waals surface area contributed by atoms with Crippen molar-refractivity contribution in [2.24, 2.45) is 0 Å². The van der Waals surface area contributed by atoms with E-state index in [-0.39, 0.29) is 5.91 Å². The van der Waals surface area contributed by atoms with Crippen molar-refractivity contribution < 1.29 is 13.6 Å². The molecule has 0 saturated heterocycles. The SMILES string of the molecule is Cc1ccc2oc(C(=O)N(Cc3ccc(N(C)C)cc3)Cc3ccco3)c(C)c2c1. The number of aryl methyl sites for hydroxylation is 2. The lowest BCUT2D eigenvalue weighted by Crippen LogP contribution is -2.30. The van der Waals surface area contributed by atoms with E-state index in [9.17, 15) is 4.79 Å². The number of nitrogens with zero attached hydrogens (tertiary/aromatic N) is 2. The van der Waals surface area contributed by atoms with Gasteiger partial charge in [-0.2, -0.15) is 0 Å². The third-order valence-electron chi connectivity index (χ3n) is 5.33. The van der Waals surface area contributed by atoms with Crippen LogP contribution in [0.1, 0.15) is 33.0 Å². The van der Waals surface area contributed by atoms with Gasteiger partial charge in [-0.1, -0.05) is 23.8 Å². The predicted octanol–water partition coefficient (Wildman–Crippen LogP) is 5.55. The number of amides is 1. The first kappa shape index (κ1) is 19.8. The molecule has 0 saturated carbocycles. The molecule has 0 atom stereocenters. The molecule has 0 spiro atoms. The van der Waals surface area contributed by atoms with Crippen LogP contribution in [0, 0.1) is 13.8 Å². The van der Waals surface area contributed by atoms with Gasteiger partial charge in [0.25, 0.3) is 5.91 Å². The van der Waals surface area contributed by atoms with Crippen LogP contribution in [-0.4, -0.2) is 24.9 Å². The Morgan fingerprint density at radius 1 is 0.967 bits per heavy atom. The number of fused-ring (bicyclic) bond motifs is 1. The number of benzene rings is 2. The highest BCUT2D eigenvalue weighted by molar-refractivity contribution is 5.99. The maximum Gasteiger partial charge on any atom is 0.290 e. The number of rotatable bonds is 6. The minimum Gasteiger partial charge on any atom is -0.467 e. The fourth-order valence-electron chi connectivity index (χ4n) is 3.59. The lowest BCUT2D eigenvalue weighted by Gasteiger charge is -2.22. The van der Waals surface area contributed by atoms with Crippen LogP contribution in [0.15, 0.2) is 69.7 Å². The first-order chi connectivity index (χ1) is 14.4. The van der Waals surface area contributed by atoms with Gasteiger partial charge in [-0.25, -0.2) is 0 Å². The third-order valence-corrected chi connectivity index (χ3v) is 5.33. The molecule has 0 N–H and O–H groups in total. The van der Waals surface area contributed by atoms with Gasteiger partial charge in [0.05, 0.1) is 12.8 Å². The lowest BCUT2D eigenvalue weighted by atomic mass is 10.1. The molecule has 2 aromatic carbocycles. The van der Waals surface area contributed by atoms with Gasteiger partial charge in [-0.15, -0.1) is 0 Å². The van der Waals surface area contributed by atoms with Crippen LogP contribution >= 0.6 is 0 Å². The van der Waals surface area contributed by atoms with Crippen molar-refractivity contribution in [2.75, 3.05) is 19.0 Å². The molecule has 0 radical (unpaired) electrons. The minimum atomic E-state index is -0.144. The van der Waals surface area contributed by atoms with E-state index >= 15 is 0 Å². The maximum absolute atomic E-state index is 13.5. The highest BCUT2D eigenvalue weighted by Crippen LogP contribution is 2.28. The molecule has 0 fully saturated rings. The molecular weight excluding hydrogens is 376 g/mol. The molecule has 30 heavy (non-hydrogen) atoms. The number of furan rings is 2. The summed E-state index contributed by atoms with van der Waals surface area (Å²) in [6, 6.07) is 17.9. The fourth-order valence-corrected chi connectivity index (χ4v) is 3.59. The molecule has 154 valence electrons. The van der Waals surface area contributed by atoms with Crippen molar-refractivity contribution in [2.45, 2.75) is 26.9 Å². The summed E-state index contributed by atoms with van der Waals surface area (Å²) in [4.78, 5) is 17.3. The van der Waals surface area contributed by atoms with Gasteiger partial charge >= 0.3 is 0 Å². The van der Waals surface area contributed by atoms with E-state index in [1.165, 1.54) is 0 Å². The highest BCUT2D eigenvalue weighted by atomic mass is 16.3. The normalized spacial score (nSPS) is 11.1. The van der Waals surface area contributed by atoms with Crippen molar-refractivity contribution in [3.8, 4) is 0 Å². The summed E-state index contributed by atoms with van der Waals surface area (Å²) in [5.74, 6) is 0.972. The van der Waals surface area contributed by atoms with Crippen LogP contribution in [0.2, 0.25) is 0 Å². The molecule has 4 aromatic rings. The second-order valence-corrected chi connectivity index (χ2v) is 7.86. The van der Waals surface area contributed by atoms with Gasteiger partial charge in [0.1, 0.15) is 11.3 Å². The number of hydrogen-bond acceptors (Lipinski definition) is 4. The quantitative estimate of drug-likeness (QED) is 0.424. The lowest BCUT2D eigenvalue weighted by molar-refractivity contribution is 0.0686. The fraction of sp³-hybridized carbons (Fsp3) is 0.240. The standard InChI is InChI=1S/C25H26N2O3/c1-17-7-12-23-22(14-17)18(2)24(30-23)25(28)27(16-21-6-5-13-29-21)15-19-8-10-20(11-9-19)26(3)4/h5-14H,15-16H2,1-4H3. The molecule has 0 bridgehead atoms. The Kier molecular flexibility index (Phi) is 5.36. The third kappa shape index (κ3) is 3.96. The summed E-state index contributed by atoms with van der Waals surface area (Å²) in [7, 11) is 4.02. The van der Waals surface area contributed by atoms with E-state index in [4.69, 9.17) is 8.83 Å². The second-order valence-electron chi connectivity index (χ2n) is 7.86. The molecule has 0 aliphatic heterocycles. The number of hydrogen-bond donors (Lipinski definition) is 0. The molecule has 0 aliphatic carbocycles. The Bertz CT molecular complexity index is 1160.